The monoisotopic (exact) mass is 543 g/mol. The van der Waals surface area contributed by atoms with E-state index in [1.807, 2.05) is 17.0 Å². The van der Waals surface area contributed by atoms with Gasteiger partial charge in [-0.15, -0.1) is 0 Å². The third kappa shape index (κ3) is 6.07. The van der Waals surface area contributed by atoms with Crippen molar-refractivity contribution in [3.8, 4) is 5.75 Å². The highest BCUT2D eigenvalue weighted by Gasteiger charge is 2.29. The summed E-state index contributed by atoms with van der Waals surface area (Å²) < 4.78 is 10.9. The van der Waals surface area contributed by atoms with E-state index in [1.54, 1.807) is 7.11 Å². The fourth-order valence-corrected chi connectivity index (χ4v) is 5.54. The molecule has 2 aliphatic heterocycles. The maximum atomic E-state index is 13.7. The van der Waals surface area contributed by atoms with Crippen molar-refractivity contribution < 1.29 is 14.3 Å². The summed E-state index contributed by atoms with van der Waals surface area (Å²) in [5.74, 6) is 3.18. The van der Waals surface area contributed by atoms with E-state index in [9.17, 15) is 4.79 Å². The van der Waals surface area contributed by atoms with Crippen LogP contribution < -0.4 is 15.0 Å². The maximum absolute atomic E-state index is 13.7. The van der Waals surface area contributed by atoms with Gasteiger partial charge in [0.05, 0.1) is 32.6 Å². The summed E-state index contributed by atoms with van der Waals surface area (Å²) in [7, 11) is 1.67. The summed E-state index contributed by atoms with van der Waals surface area (Å²) in [6, 6.07) is 14.3. The number of anilines is 2. The number of methoxy groups -OCH3 is 1. The highest BCUT2D eigenvalue weighted by molar-refractivity contribution is 5.91. The molecule has 8 nitrogen and oxygen atoms in total. The average molecular weight is 544 g/mol. The van der Waals surface area contributed by atoms with Crippen molar-refractivity contribution in [1.29, 1.82) is 0 Å². The number of fused-ring (bicyclic) bond motifs is 1. The van der Waals surface area contributed by atoms with E-state index in [4.69, 9.17) is 19.4 Å². The first kappa shape index (κ1) is 27.9. The topological polar surface area (TPSA) is 79.8 Å². The van der Waals surface area contributed by atoms with Crippen molar-refractivity contribution in [3.05, 3.63) is 76.2 Å². The lowest BCUT2D eigenvalue weighted by Crippen LogP contribution is -2.42. The third-order valence-corrected chi connectivity index (χ3v) is 7.81. The number of morpholine rings is 1. The van der Waals surface area contributed by atoms with Crippen LogP contribution in [0, 0.1) is 0 Å². The molecule has 0 atom stereocenters. The second-order valence-electron chi connectivity index (χ2n) is 11.2. The van der Waals surface area contributed by atoms with E-state index >= 15 is 0 Å². The second kappa shape index (κ2) is 12.3. The number of amides is 2. The SMILES string of the molecule is COc1ccc(Cc2nc3c(c(N4CCOCC4)n2)CN(C(=O)Nc2c(C(C)C)cccc2C(C)C)CC3)cc1. The number of nitrogens with zero attached hydrogens (tertiary/aromatic N) is 4. The number of aromatic nitrogens is 2. The van der Waals surface area contributed by atoms with E-state index in [0.717, 1.165) is 64.1 Å². The van der Waals surface area contributed by atoms with Crippen LogP contribution in [-0.4, -0.2) is 60.9 Å². The molecule has 0 radical (unpaired) electrons. The number of para-hydroxylation sites is 1. The van der Waals surface area contributed by atoms with Gasteiger partial charge in [0.25, 0.3) is 0 Å². The molecular weight excluding hydrogens is 502 g/mol. The van der Waals surface area contributed by atoms with Gasteiger partial charge in [-0.2, -0.15) is 0 Å². The zero-order chi connectivity index (χ0) is 28.2. The molecule has 2 aliphatic rings. The number of nitrogens with one attached hydrogen (secondary N) is 1. The Bertz CT molecular complexity index is 1310. The molecule has 3 heterocycles. The molecule has 0 aliphatic carbocycles. The largest absolute Gasteiger partial charge is 0.497 e. The van der Waals surface area contributed by atoms with Crippen LogP contribution in [0.15, 0.2) is 42.5 Å². The van der Waals surface area contributed by atoms with Gasteiger partial charge in [-0.1, -0.05) is 58.0 Å². The zero-order valence-electron chi connectivity index (χ0n) is 24.4. The Morgan fingerprint density at radius 1 is 0.975 bits per heavy atom. The number of carbonyl (C=O) groups is 1. The highest BCUT2D eigenvalue weighted by atomic mass is 16.5. The van der Waals surface area contributed by atoms with Crippen molar-refractivity contribution in [2.75, 3.05) is 50.2 Å². The standard InChI is InChI=1S/C32H41N5O3/c1-21(2)25-7-6-8-26(22(3)4)30(25)35-32(38)37-14-13-28-27(20-37)31(36-15-17-40-18-16-36)34-29(33-28)19-23-9-11-24(39-5)12-10-23/h6-12,21-22H,13-20H2,1-5H3,(H,35,38). The van der Waals surface area contributed by atoms with Gasteiger partial charge in [0, 0.05) is 43.7 Å². The Labute approximate surface area is 237 Å². The predicted molar refractivity (Wildman–Crippen MR) is 159 cm³/mol. The van der Waals surface area contributed by atoms with Crippen molar-refractivity contribution in [1.82, 2.24) is 14.9 Å². The van der Waals surface area contributed by atoms with Gasteiger partial charge in [-0.3, -0.25) is 0 Å². The second-order valence-corrected chi connectivity index (χ2v) is 11.2. The Hall–Kier alpha value is -3.65. The van der Waals surface area contributed by atoms with Gasteiger partial charge in [0.1, 0.15) is 17.4 Å². The number of hydrogen-bond acceptors (Lipinski definition) is 6. The first-order valence-corrected chi connectivity index (χ1v) is 14.4. The van der Waals surface area contributed by atoms with Gasteiger partial charge in [0.15, 0.2) is 0 Å². The summed E-state index contributed by atoms with van der Waals surface area (Å²) in [6.45, 7) is 12.7. The van der Waals surface area contributed by atoms with Crippen LogP contribution >= 0.6 is 0 Å². The molecule has 1 fully saturated rings. The quantitative estimate of drug-likeness (QED) is 0.409. The number of ether oxygens (including phenoxy) is 2. The molecular formula is C32H41N5O3. The molecule has 3 aromatic rings. The number of hydrogen-bond donors (Lipinski definition) is 1. The predicted octanol–water partition coefficient (Wildman–Crippen LogP) is 5.75. The lowest BCUT2D eigenvalue weighted by molar-refractivity contribution is 0.122. The minimum atomic E-state index is -0.0733. The molecule has 8 heteroatoms. The van der Waals surface area contributed by atoms with Crippen LogP contribution in [0.3, 0.4) is 0 Å². The summed E-state index contributed by atoms with van der Waals surface area (Å²) >= 11 is 0. The Morgan fingerprint density at radius 2 is 1.65 bits per heavy atom. The molecule has 212 valence electrons. The van der Waals surface area contributed by atoms with Crippen LogP contribution in [0.4, 0.5) is 16.3 Å². The molecule has 2 amide bonds. The molecule has 0 bridgehead atoms. The minimum Gasteiger partial charge on any atom is -0.497 e. The number of urea groups is 1. The Kier molecular flexibility index (Phi) is 8.54. The fraction of sp³-hybridized carbons (Fsp3) is 0.469. The van der Waals surface area contributed by atoms with Gasteiger partial charge in [-0.25, -0.2) is 14.8 Å². The first-order valence-electron chi connectivity index (χ1n) is 14.4. The van der Waals surface area contributed by atoms with Crippen molar-refractivity contribution in [2.45, 2.75) is 58.9 Å². The van der Waals surface area contributed by atoms with Crippen LogP contribution in [-0.2, 0) is 24.1 Å². The van der Waals surface area contributed by atoms with Gasteiger partial charge in [0.2, 0.25) is 0 Å². The molecule has 2 aromatic carbocycles. The molecule has 0 saturated carbocycles. The normalized spacial score (nSPS) is 15.4. The van der Waals surface area contributed by atoms with Crippen molar-refractivity contribution in [3.63, 3.8) is 0 Å². The fourth-order valence-electron chi connectivity index (χ4n) is 5.54. The van der Waals surface area contributed by atoms with Gasteiger partial charge >= 0.3 is 6.03 Å². The number of rotatable bonds is 7. The summed E-state index contributed by atoms with van der Waals surface area (Å²) in [4.78, 5) is 28.0. The smallest absolute Gasteiger partial charge is 0.322 e. The van der Waals surface area contributed by atoms with Gasteiger partial charge < -0.3 is 24.6 Å². The van der Waals surface area contributed by atoms with Crippen LogP contribution in [0.25, 0.3) is 0 Å². The van der Waals surface area contributed by atoms with E-state index < -0.39 is 0 Å². The average Bonchev–Trinajstić information content (AvgIpc) is 2.97. The Morgan fingerprint density at radius 3 is 2.27 bits per heavy atom. The first-order chi connectivity index (χ1) is 19.3. The van der Waals surface area contributed by atoms with Crippen LogP contribution in [0.1, 0.15) is 73.3 Å². The molecule has 40 heavy (non-hydrogen) atoms. The number of carbonyl (C=O) groups excluding carboxylic acids is 1. The van der Waals surface area contributed by atoms with Crippen LogP contribution in [0.2, 0.25) is 0 Å². The molecule has 1 N–H and O–H groups in total. The van der Waals surface area contributed by atoms with Crippen molar-refractivity contribution in [2.24, 2.45) is 0 Å². The highest BCUT2D eigenvalue weighted by Crippen LogP contribution is 2.34. The summed E-state index contributed by atoms with van der Waals surface area (Å²) in [6.07, 6.45) is 1.34. The van der Waals surface area contributed by atoms with Crippen LogP contribution in [0.5, 0.6) is 5.75 Å². The Balaban J connectivity index is 1.42. The van der Waals surface area contributed by atoms with E-state index in [0.29, 0.717) is 51.0 Å². The van der Waals surface area contributed by atoms with E-state index in [-0.39, 0.29) is 6.03 Å². The molecule has 0 unspecified atom stereocenters. The van der Waals surface area contributed by atoms with E-state index in [2.05, 4.69) is 68.2 Å². The lowest BCUT2D eigenvalue weighted by Gasteiger charge is -2.35. The molecule has 1 saturated heterocycles. The van der Waals surface area contributed by atoms with Crippen molar-refractivity contribution >= 4 is 17.5 Å². The zero-order valence-corrected chi connectivity index (χ0v) is 24.4. The molecule has 5 rings (SSSR count). The molecule has 0 spiro atoms. The van der Waals surface area contributed by atoms with E-state index in [1.165, 1.54) is 0 Å². The lowest BCUT2D eigenvalue weighted by atomic mass is 9.92. The summed E-state index contributed by atoms with van der Waals surface area (Å²) in [5, 5.41) is 3.30. The maximum Gasteiger partial charge on any atom is 0.322 e. The number of benzene rings is 2. The molecule has 1 aromatic heterocycles. The van der Waals surface area contributed by atoms with Gasteiger partial charge in [-0.05, 0) is 40.7 Å². The third-order valence-electron chi connectivity index (χ3n) is 7.81. The minimum absolute atomic E-state index is 0.0733. The summed E-state index contributed by atoms with van der Waals surface area (Å²) in [5.41, 5.74) is 6.49.